The third-order valence-corrected chi connectivity index (χ3v) is 4.61. The largest absolute Gasteiger partial charge is 0.384 e. The molecule has 2 amide bonds. The molecule has 144 valence electrons. The zero-order chi connectivity index (χ0) is 20.5. The van der Waals surface area contributed by atoms with Gasteiger partial charge in [0.1, 0.15) is 5.82 Å². The first-order chi connectivity index (χ1) is 14.0. The van der Waals surface area contributed by atoms with Gasteiger partial charge < -0.3 is 5.73 Å². The fourth-order valence-corrected chi connectivity index (χ4v) is 3.22. The van der Waals surface area contributed by atoms with Gasteiger partial charge in [0, 0.05) is 11.6 Å². The van der Waals surface area contributed by atoms with Gasteiger partial charge in [0.2, 0.25) is 0 Å². The zero-order valence-electron chi connectivity index (χ0n) is 15.5. The Bertz CT molecular complexity index is 1230. The molecule has 0 saturated carbocycles. The van der Waals surface area contributed by atoms with Crippen LogP contribution in [0, 0.1) is 0 Å². The summed E-state index contributed by atoms with van der Waals surface area (Å²) >= 11 is 0. The molecule has 4 rings (SSSR count). The van der Waals surface area contributed by atoms with Crippen molar-refractivity contribution in [2.45, 2.75) is 6.92 Å². The lowest BCUT2D eigenvalue weighted by molar-refractivity contribution is 0.0880. The van der Waals surface area contributed by atoms with Crippen LogP contribution in [0.4, 0.5) is 11.5 Å². The number of amides is 2. The van der Waals surface area contributed by atoms with Crippen molar-refractivity contribution >= 4 is 29.0 Å². The highest BCUT2D eigenvalue weighted by atomic mass is 16.2. The number of hydrogen-bond acceptors (Lipinski definition) is 6. The lowest BCUT2D eigenvalue weighted by atomic mass is 10.1. The molecule has 3 aromatic rings. The molecule has 8 nitrogen and oxygen atoms in total. The molecule has 0 saturated heterocycles. The van der Waals surface area contributed by atoms with E-state index >= 15 is 0 Å². The number of para-hydroxylation sites is 2. The van der Waals surface area contributed by atoms with Gasteiger partial charge in [0.25, 0.3) is 17.4 Å². The Kier molecular flexibility index (Phi) is 4.44. The van der Waals surface area contributed by atoms with Gasteiger partial charge in [-0.2, -0.15) is 5.10 Å². The van der Waals surface area contributed by atoms with Gasteiger partial charge >= 0.3 is 0 Å². The second-order valence-corrected chi connectivity index (χ2v) is 6.47. The fourth-order valence-electron chi connectivity index (χ4n) is 3.22. The van der Waals surface area contributed by atoms with E-state index < -0.39 is 17.4 Å². The minimum absolute atomic E-state index is 0.00130. The van der Waals surface area contributed by atoms with E-state index in [-0.39, 0.29) is 16.9 Å². The van der Waals surface area contributed by atoms with E-state index in [1.807, 2.05) is 36.4 Å². The molecule has 1 aliphatic rings. The van der Waals surface area contributed by atoms with Crippen molar-refractivity contribution in [3.8, 4) is 5.69 Å². The Morgan fingerprint density at radius 3 is 2.45 bits per heavy atom. The van der Waals surface area contributed by atoms with Crippen LogP contribution in [0.3, 0.4) is 0 Å². The number of nitrogens with zero attached hydrogens (tertiary/aromatic N) is 2. The molecular formula is C21H17N5O3. The minimum atomic E-state index is -0.626. The van der Waals surface area contributed by atoms with Crippen LogP contribution in [-0.4, -0.2) is 22.1 Å². The van der Waals surface area contributed by atoms with Crippen LogP contribution >= 0.6 is 0 Å². The van der Waals surface area contributed by atoms with Gasteiger partial charge in [-0.1, -0.05) is 36.4 Å². The van der Waals surface area contributed by atoms with Crippen LogP contribution in [0.2, 0.25) is 0 Å². The molecule has 8 heteroatoms. The number of rotatable bonds is 4. The Morgan fingerprint density at radius 1 is 1.00 bits per heavy atom. The van der Waals surface area contributed by atoms with Crippen molar-refractivity contribution in [2.24, 2.45) is 5.10 Å². The second kappa shape index (κ2) is 7.08. The van der Waals surface area contributed by atoms with Gasteiger partial charge in [-0.05, 0) is 25.1 Å². The van der Waals surface area contributed by atoms with Crippen molar-refractivity contribution < 1.29 is 9.59 Å². The fraction of sp³-hybridized carbons (Fsp3) is 0.0476. The van der Waals surface area contributed by atoms with Crippen molar-refractivity contribution in [3.63, 3.8) is 0 Å². The smallest absolute Gasteiger partial charge is 0.262 e. The van der Waals surface area contributed by atoms with E-state index in [2.05, 4.69) is 15.8 Å². The maximum Gasteiger partial charge on any atom is 0.262 e. The predicted octanol–water partition coefficient (Wildman–Crippen LogP) is 2.14. The van der Waals surface area contributed by atoms with Crippen molar-refractivity contribution in [3.05, 3.63) is 87.7 Å². The van der Waals surface area contributed by atoms with Crippen LogP contribution in [-0.2, 0) is 0 Å². The highest BCUT2D eigenvalue weighted by molar-refractivity contribution is 6.23. The number of carbonyl (C=O) groups is 2. The molecule has 29 heavy (non-hydrogen) atoms. The van der Waals surface area contributed by atoms with E-state index in [0.29, 0.717) is 17.0 Å². The Hall–Kier alpha value is -4.20. The summed E-state index contributed by atoms with van der Waals surface area (Å²) in [6.45, 7) is 1.79. The molecule has 2 aromatic carbocycles. The number of imide groups is 1. The lowest BCUT2D eigenvalue weighted by Gasteiger charge is -2.15. The molecule has 1 aliphatic heterocycles. The third-order valence-electron chi connectivity index (χ3n) is 4.61. The topological polar surface area (TPSA) is 119 Å². The average molecular weight is 387 g/mol. The summed E-state index contributed by atoms with van der Waals surface area (Å²) in [5.74, 6) is -1.34. The Balaban J connectivity index is 1.83. The first kappa shape index (κ1) is 18.2. The summed E-state index contributed by atoms with van der Waals surface area (Å²) in [4.78, 5) is 36.7. The summed E-state index contributed by atoms with van der Waals surface area (Å²) in [5.41, 5.74) is 11.1. The summed E-state index contributed by atoms with van der Waals surface area (Å²) in [5, 5.41) is 6.55. The third kappa shape index (κ3) is 3.16. The van der Waals surface area contributed by atoms with Crippen LogP contribution in [0.25, 0.3) is 5.69 Å². The highest BCUT2D eigenvalue weighted by Gasteiger charge is 2.32. The zero-order valence-corrected chi connectivity index (χ0v) is 15.5. The normalized spacial score (nSPS) is 13.2. The number of carbonyl (C=O) groups excluding carboxylic acids is 2. The molecular weight excluding hydrogens is 370 g/mol. The van der Waals surface area contributed by atoms with E-state index in [1.165, 1.54) is 4.57 Å². The molecule has 0 fully saturated rings. The molecule has 0 aliphatic carbocycles. The Labute approximate surface area is 165 Å². The van der Waals surface area contributed by atoms with E-state index in [0.717, 1.165) is 11.8 Å². The molecule has 0 radical (unpaired) electrons. The van der Waals surface area contributed by atoms with Gasteiger partial charge in [0.05, 0.1) is 28.2 Å². The Morgan fingerprint density at radius 2 is 1.69 bits per heavy atom. The van der Waals surface area contributed by atoms with Gasteiger partial charge in [-0.25, -0.2) is 0 Å². The van der Waals surface area contributed by atoms with E-state index in [9.17, 15) is 14.4 Å². The SMILES string of the molecule is CC(=NNc1ccccc1)c1ccccc1-n1c(N)c2c(cc1=O)C(=O)NC2=O. The predicted molar refractivity (Wildman–Crippen MR) is 111 cm³/mol. The summed E-state index contributed by atoms with van der Waals surface area (Å²) in [6, 6.07) is 17.6. The number of benzene rings is 2. The molecule has 4 N–H and O–H groups in total. The number of pyridine rings is 1. The van der Waals surface area contributed by atoms with Gasteiger partial charge in [-0.15, -0.1) is 0 Å². The minimum Gasteiger partial charge on any atom is -0.384 e. The molecule has 0 spiro atoms. The highest BCUT2D eigenvalue weighted by Crippen LogP contribution is 2.24. The van der Waals surface area contributed by atoms with Crippen LogP contribution in [0.15, 0.2) is 70.6 Å². The van der Waals surface area contributed by atoms with Gasteiger partial charge in [-0.3, -0.25) is 29.7 Å². The number of nitrogens with two attached hydrogens (primary N) is 1. The maximum atomic E-state index is 12.7. The van der Waals surface area contributed by atoms with E-state index in [4.69, 9.17) is 5.73 Å². The number of fused-ring (bicyclic) bond motifs is 1. The van der Waals surface area contributed by atoms with Crippen LogP contribution < -0.4 is 22.0 Å². The van der Waals surface area contributed by atoms with Crippen molar-refractivity contribution in [2.75, 3.05) is 11.2 Å². The quantitative estimate of drug-likeness (QED) is 0.360. The standard InChI is InChI=1S/C21H17N5O3/c1-12(24-25-13-7-3-2-4-8-13)14-9-5-6-10-16(14)26-17(27)11-15-18(19(26)22)21(29)23-20(15)28/h2-11,25H,22H2,1H3,(H,23,28,29). The number of hydrogen-bond donors (Lipinski definition) is 3. The molecule has 2 heterocycles. The van der Waals surface area contributed by atoms with Crippen molar-refractivity contribution in [1.29, 1.82) is 0 Å². The number of nitrogen functional groups attached to an aromatic ring is 1. The lowest BCUT2D eigenvalue weighted by Crippen LogP contribution is -2.25. The maximum absolute atomic E-state index is 12.7. The average Bonchev–Trinajstić information content (AvgIpc) is 3.00. The first-order valence-corrected chi connectivity index (χ1v) is 8.83. The number of nitrogens with one attached hydrogen (secondary N) is 2. The molecule has 0 bridgehead atoms. The molecule has 0 atom stereocenters. The van der Waals surface area contributed by atoms with Gasteiger partial charge in [0.15, 0.2) is 0 Å². The first-order valence-electron chi connectivity index (χ1n) is 8.83. The van der Waals surface area contributed by atoms with Crippen LogP contribution in [0.5, 0.6) is 0 Å². The second-order valence-electron chi connectivity index (χ2n) is 6.47. The van der Waals surface area contributed by atoms with Crippen LogP contribution in [0.1, 0.15) is 33.2 Å². The monoisotopic (exact) mass is 387 g/mol. The number of hydrazone groups is 1. The molecule has 0 unspecified atom stereocenters. The molecule has 1 aromatic heterocycles. The number of aromatic nitrogens is 1. The van der Waals surface area contributed by atoms with Crippen molar-refractivity contribution in [1.82, 2.24) is 9.88 Å². The number of anilines is 2. The van der Waals surface area contributed by atoms with E-state index in [1.54, 1.807) is 25.1 Å². The summed E-state index contributed by atoms with van der Waals surface area (Å²) < 4.78 is 1.22. The summed E-state index contributed by atoms with van der Waals surface area (Å²) in [6.07, 6.45) is 0. The summed E-state index contributed by atoms with van der Waals surface area (Å²) in [7, 11) is 0.